The van der Waals surface area contributed by atoms with Crippen molar-refractivity contribution in [1.29, 1.82) is 0 Å². The highest BCUT2D eigenvalue weighted by Crippen LogP contribution is 2.24. The number of imidazole rings is 1. The zero-order valence-electron chi connectivity index (χ0n) is 15.6. The minimum absolute atomic E-state index is 0.0599. The lowest BCUT2D eigenvalue weighted by atomic mass is 10.2. The van der Waals surface area contributed by atoms with Crippen molar-refractivity contribution in [2.45, 2.75) is 38.3 Å². The first-order valence-electron chi connectivity index (χ1n) is 8.89. The number of nitrogens with two attached hydrogens (primary N) is 1. The van der Waals surface area contributed by atoms with E-state index in [0.29, 0.717) is 42.4 Å². The van der Waals surface area contributed by atoms with Gasteiger partial charge in [-0.3, -0.25) is 0 Å². The molecule has 0 atom stereocenters. The van der Waals surface area contributed by atoms with Crippen molar-refractivity contribution >= 4 is 26.7 Å². The molecular formula is C19H24N4O3S. The fraction of sp³-hybridized carbons (Fsp3) is 0.368. The number of nitrogen functional groups attached to an aromatic ring is 1. The largest absolute Gasteiger partial charge is 0.382 e. The molecule has 0 aliphatic heterocycles. The minimum Gasteiger partial charge on any atom is -0.382 e. The number of aryl methyl sites for hydroxylation is 2. The second kappa shape index (κ2) is 8.06. The molecule has 0 spiro atoms. The second-order valence-corrected chi connectivity index (χ2v) is 8.44. The van der Waals surface area contributed by atoms with E-state index < -0.39 is 9.84 Å². The Kier molecular flexibility index (Phi) is 5.76. The van der Waals surface area contributed by atoms with Gasteiger partial charge in [0.2, 0.25) is 0 Å². The smallest absolute Gasteiger partial charge is 0.178 e. The van der Waals surface area contributed by atoms with Gasteiger partial charge in [-0.1, -0.05) is 18.2 Å². The molecule has 0 radical (unpaired) electrons. The van der Waals surface area contributed by atoms with Gasteiger partial charge in [-0.15, -0.1) is 0 Å². The van der Waals surface area contributed by atoms with Crippen LogP contribution in [0.3, 0.4) is 0 Å². The molecule has 1 aromatic carbocycles. The Balaban J connectivity index is 1.86. The van der Waals surface area contributed by atoms with E-state index in [-0.39, 0.29) is 5.75 Å². The van der Waals surface area contributed by atoms with Crippen molar-refractivity contribution in [3.8, 4) is 0 Å². The van der Waals surface area contributed by atoms with Crippen LogP contribution in [0.1, 0.15) is 24.7 Å². The van der Waals surface area contributed by atoms with Gasteiger partial charge in [0.1, 0.15) is 17.9 Å². The summed E-state index contributed by atoms with van der Waals surface area (Å²) in [6.07, 6.45) is 2.17. The van der Waals surface area contributed by atoms with E-state index in [1.54, 1.807) is 36.5 Å². The van der Waals surface area contributed by atoms with E-state index in [9.17, 15) is 8.42 Å². The summed E-state index contributed by atoms with van der Waals surface area (Å²) in [4.78, 5) is 9.10. The molecule has 3 rings (SSSR count). The van der Waals surface area contributed by atoms with Gasteiger partial charge in [-0.05, 0) is 38.0 Å². The average Bonchev–Trinajstić information content (AvgIpc) is 3.03. The van der Waals surface area contributed by atoms with E-state index in [1.165, 1.54) is 0 Å². The van der Waals surface area contributed by atoms with Crippen molar-refractivity contribution in [2.75, 3.05) is 18.1 Å². The van der Waals surface area contributed by atoms with Gasteiger partial charge in [0.15, 0.2) is 15.7 Å². The first kappa shape index (κ1) is 19.3. The van der Waals surface area contributed by atoms with Crippen LogP contribution in [-0.4, -0.2) is 35.3 Å². The minimum atomic E-state index is -3.32. The highest BCUT2D eigenvalue weighted by molar-refractivity contribution is 7.91. The molecule has 0 unspecified atom stereocenters. The molecule has 8 heteroatoms. The van der Waals surface area contributed by atoms with Crippen LogP contribution < -0.4 is 5.73 Å². The van der Waals surface area contributed by atoms with Crippen LogP contribution in [-0.2, 0) is 27.7 Å². The van der Waals surface area contributed by atoms with Crippen LogP contribution in [0.15, 0.2) is 41.4 Å². The number of fused-ring (bicyclic) bond motifs is 1. The number of benzene rings is 1. The average molecular weight is 388 g/mol. The molecule has 0 fully saturated rings. The van der Waals surface area contributed by atoms with Crippen molar-refractivity contribution in [3.05, 3.63) is 47.9 Å². The molecule has 0 aliphatic rings. The Labute approximate surface area is 159 Å². The molecule has 27 heavy (non-hydrogen) atoms. The Morgan fingerprint density at radius 3 is 2.67 bits per heavy atom. The lowest BCUT2D eigenvalue weighted by molar-refractivity contribution is 0.126. The van der Waals surface area contributed by atoms with Gasteiger partial charge in [0.05, 0.1) is 16.2 Å². The molecule has 0 saturated heterocycles. The summed E-state index contributed by atoms with van der Waals surface area (Å²) in [5, 5.41) is 0. The molecule has 0 amide bonds. The lowest BCUT2D eigenvalue weighted by Crippen LogP contribution is -2.12. The number of nitrogens with zero attached hydrogens (tertiary/aromatic N) is 3. The number of hydrogen-bond acceptors (Lipinski definition) is 6. The molecule has 2 heterocycles. The number of aromatic nitrogens is 3. The van der Waals surface area contributed by atoms with Crippen LogP contribution >= 0.6 is 0 Å². The molecule has 0 saturated carbocycles. The number of rotatable bonds is 8. The fourth-order valence-corrected chi connectivity index (χ4v) is 4.39. The normalized spacial score (nSPS) is 11.9. The summed E-state index contributed by atoms with van der Waals surface area (Å²) < 4.78 is 32.6. The van der Waals surface area contributed by atoms with Crippen LogP contribution in [0.4, 0.5) is 5.82 Å². The molecular weight excluding hydrogens is 364 g/mol. The van der Waals surface area contributed by atoms with E-state index >= 15 is 0 Å². The van der Waals surface area contributed by atoms with Crippen molar-refractivity contribution in [3.63, 3.8) is 0 Å². The van der Waals surface area contributed by atoms with E-state index in [1.807, 2.05) is 18.4 Å². The van der Waals surface area contributed by atoms with Gasteiger partial charge in [-0.25, -0.2) is 18.4 Å². The number of hydrogen-bond donors (Lipinski definition) is 1. The summed E-state index contributed by atoms with van der Waals surface area (Å²) >= 11 is 0. The number of anilines is 1. The number of sulfone groups is 1. The highest BCUT2D eigenvalue weighted by atomic mass is 32.2. The predicted molar refractivity (Wildman–Crippen MR) is 105 cm³/mol. The SMILES string of the molecule is CCOCc1nc2c(N)ncc(C)c2n1CCCS(=O)(=O)c1ccccc1. The standard InChI is InChI=1S/C19H24N4O3S/c1-3-26-13-16-22-17-18(14(2)12-21-19(17)20)23(16)10-7-11-27(24,25)15-8-5-4-6-9-15/h4-6,8-9,12H,3,7,10-11,13H2,1-2H3,(H2,20,21). The van der Waals surface area contributed by atoms with E-state index in [0.717, 1.165) is 16.9 Å². The quantitative estimate of drug-likeness (QED) is 0.637. The molecule has 0 aliphatic carbocycles. The highest BCUT2D eigenvalue weighted by Gasteiger charge is 2.18. The number of pyridine rings is 1. The van der Waals surface area contributed by atoms with E-state index in [4.69, 9.17) is 10.5 Å². The molecule has 144 valence electrons. The summed E-state index contributed by atoms with van der Waals surface area (Å²) in [7, 11) is -3.32. The van der Waals surface area contributed by atoms with Gasteiger partial charge in [-0.2, -0.15) is 0 Å². The zero-order chi connectivity index (χ0) is 19.4. The van der Waals surface area contributed by atoms with Gasteiger partial charge >= 0.3 is 0 Å². The molecule has 7 nitrogen and oxygen atoms in total. The Hall–Kier alpha value is -2.45. The third kappa shape index (κ3) is 4.12. The van der Waals surface area contributed by atoms with Crippen LogP contribution in [0.2, 0.25) is 0 Å². The Bertz CT molecular complexity index is 1030. The Morgan fingerprint density at radius 2 is 1.96 bits per heavy atom. The molecule has 2 N–H and O–H groups in total. The zero-order valence-corrected chi connectivity index (χ0v) is 16.4. The molecule has 3 aromatic rings. The van der Waals surface area contributed by atoms with Crippen LogP contribution in [0.5, 0.6) is 0 Å². The lowest BCUT2D eigenvalue weighted by Gasteiger charge is -2.11. The molecule has 2 aromatic heterocycles. The number of ether oxygens (including phenoxy) is 1. The maximum Gasteiger partial charge on any atom is 0.178 e. The van der Waals surface area contributed by atoms with E-state index in [2.05, 4.69) is 9.97 Å². The van der Waals surface area contributed by atoms with Crippen molar-refractivity contribution in [1.82, 2.24) is 14.5 Å². The third-order valence-corrected chi connectivity index (χ3v) is 6.21. The van der Waals surface area contributed by atoms with Crippen LogP contribution in [0.25, 0.3) is 11.0 Å². The first-order chi connectivity index (χ1) is 12.9. The third-order valence-electron chi connectivity index (χ3n) is 4.39. The van der Waals surface area contributed by atoms with Crippen LogP contribution in [0, 0.1) is 6.92 Å². The second-order valence-electron chi connectivity index (χ2n) is 6.33. The van der Waals surface area contributed by atoms with Gasteiger partial charge in [0.25, 0.3) is 0 Å². The molecule has 0 bridgehead atoms. The monoisotopic (exact) mass is 388 g/mol. The summed E-state index contributed by atoms with van der Waals surface area (Å²) in [6.45, 7) is 5.28. The van der Waals surface area contributed by atoms with Crippen molar-refractivity contribution in [2.24, 2.45) is 0 Å². The van der Waals surface area contributed by atoms with Gasteiger partial charge < -0.3 is 15.0 Å². The van der Waals surface area contributed by atoms with Gasteiger partial charge in [0, 0.05) is 19.3 Å². The maximum absolute atomic E-state index is 12.5. The summed E-state index contributed by atoms with van der Waals surface area (Å²) in [5.74, 6) is 1.15. The topological polar surface area (TPSA) is 100 Å². The predicted octanol–water partition coefficient (Wildman–Crippen LogP) is 2.72. The fourth-order valence-electron chi connectivity index (χ4n) is 3.07. The summed E-state index contributed by atoms with van der Waals surface area (Å²) in [5.41, 5.74) is 8.45. The maximum atomic E-state index is 12.5. The summed E-state index contributed by atoms with van der Waals surface area (Å²) in [6, 6.07) is 8.51. The first-order valence-corrected chi connectivity index (χ1v) is 10.5. The van der Waals surface area contributed by atoms with Crippen molar-refractivity contribution < 1.29 is 13.2 Å². The Morgan fingerprint density at radius 1 is 1.22 bits per heavy atom.